The van der Waals surface area contributed by atoms with Gasteiger partial charge in [-0.3, -0.25) is 4.79 Å². The van der Waals surface area contributed by atoms with Crippen LogP contribution in [0.25, 0.3) is 0 Å². The molecule has 1 fully saturated rings. The molecule has 2 aromatic rings. The van der Waals surface area contributed by atoms with Gasteiger partial charge < -0.3 is 15.2 Å². The molecular formula is C19H19NO4. The van der Waals surface area contributed by atoms with Crippen molar-refractivity contribution in [3.05, 3.63) is 59.7 Å². The van der Waals surface area contributed by atoms with E-state index in [0.29, 0.717) is 17.2 Å². The Balaban J connectivity index is 1.54. The van der Waals surface area contributed by atoms with E-state index in [9.17, 15) is 9.59 Å². The number of carbonyl (C=O) groups excluding carboxylic acids is 1. The number of benzene rings is 2. The molecule has 2 N–H and O–H groups in total. The first kappa shape index (κ1) is 16.1. The maximum Gasteiger partial charge on any atom is 0.335 e. The Morgan fingerprint density at radius 3 is 2.54 bits per heavy atom. The van der Waals surface area contributed by atoms with E-state index in [1.54, 1.807) is 24.3 Å². The molecule has 5 heteroatoms. The van der Waals surface area contributed by atoms with Crippen LogP contribution < -0.4 is 10.1 Å². The molecule has 0 atom stereocenters. The van der Waals surface area contributed by atoms with Gasteiger partial charge in [-0.15, -0.1) is 0 Å². The van der Waals surface area contributed by atoms with Crippen LogP contribution in [0, 0.1) is 5.92 Å². The van der Waals surface area contributed by atoms with Crippen LogP contribution in [0.1, 0.15) is 28.8 Å². The lowest BCUT2D eigenvalue weighted by Crippen LogP contribution is -2.14. The summed E-state index contributed by atoms with van der Waals surface area (Å²) >= 11 is 0. The van der Waals surface area contributed by atoms with Crippen molar-refractivity contribution >= 4 is 17.6 Å². The monoisotopic (exact) mass is 325 g/mol. The molecule has 0 saturated heterocycles. The van der Waals surface area contributed by atoms with Gasteiger partial charge in [-0.1, -0.05) is 12.1 Å². The van der Waals surface area contributed by atoms with Gasteiger partial charge in [0.2, 0.25) is 5.91 Å². The summed E-state index contributed by atoms with van der Waals surface area (Å²) in [5, 5.41) is 11.8. The van der Waals surface area contributed by atoms with E-state index in [0.717, 1.165) is 12.4 Å². The molecule has 5 nitrogen and oxygen atoms in total. The maximum absolute atomic E-state index is 12.1. The predicted octanol–water partition coefficient (Wildman–Crippen LogP) is 3.35. The fourth-order valence-electron chi connectivity index (χ4n) is 2.34. The smallest absolute Gasteiger partial charge is 0.335 e. The van der Waals surface area contributed by atoms with Crippen LogP contribution in [-0.2, 0) is 11.2 Å². The molecule has 0 bridgehead atoms. The van der Waals surface area contributed by atoms with Gasteiger partial charge in [0, 0.05) is 5.69 Å². The van der Waals surface area contributed by atoms with E-state index >= 15 is 0 Å². The highest BCUT2D eigenvalue weighted by Crippen LogP contribution is 2.29. The van der Waals surface area contributed by atoms with Crippen LogP contribution in [0.2, 0.25) is 0 Å². The quantitative estimate of drug-likeness (QED) is 0.818. The fraction of sp³-hybridized carbons (Fsp3) is 0.263. The molecule has 3 rings (SSSR count). The Morgan fingerprint density at radius 1 is 1.12 bits per heavy atom. The lowest BCUT2D eigenvalue weighted by molar-refractivity contribution is -0.115. The van der Waals surface area contributed by atoms with Crippen molar-refractivity contribution in [3.63, 3.8) is 0 Å². The normalized spacial score (nSPS) is 13.3. The second-order valence-electron chi connectivity index (χ2n) is 6.01. The zero-order valence-corrected chi connectivity index (χ0v) is 13.2. The van der Waals surface area contributed by atoms with Crippen LogP contribution in [0.5, 0.6) is 5.75 Å². The van der Waals surface area contributed by atoms with Gasteiger partial charge in [0.05, 0.1) is 18.6 Å². The minimum Gasteiger partial charge on any atom is -0.493 e. The molecule has 0 radical (unpaired) electrons. The van der Waals surface area contributed by atoms with Gasteiger partial charge in [0.15, 0.2) is 0 Å². The number of carboxylic acid groups (broad SMARTS) is 1. The highest BCUT2D eigenvalue weighted by molar-refractivity contribution is 5.93. The highest BCUT2D eigenvalue weighted by atomic mass is 16.5. The minimum absolute atomic E-state index is 0.126. The standard InChI is InChI=1S/C19H19NO4/c21-18(11-14-2-1-3-15(10-14)19(22)23)20-16-6-8-17(9-7-16)24-12-13-4-5-13/h1-3,6-10,13H,4-5,11-12H2,(H,20,21)(H,22,23). The number of nitrogens with one attached hydrogen (secondary N) is 1. The van der Waals surface area contributed by atoms with Crippen molar-refractivity contribution in [2.45, 2.75) is 19.3 Å². The summed E-state index contributed by atoms with van der Waals surface area (Å²) in [4.78, 5) is 23.0. The minimum atomic E-state index is -1.00. The number of carboxylic acids is 1. The summed E-state index contributed by atoms with van der Waals surface area (Å²) in [6.07, 6.45) is 2.62. The summed E-state index contributed by atoms with van der Waals surface area (Å²) < 4.78 is 5.65. The Morgan fingerprint density at radius 2 is 1.88 bits per heavy atom. The first-order valence-corrected chi connectivity index (χ1v) is 7.95. The molecule has 24 heavy (non-hydrogen) atoms. The van der Waals surface area contributed by atoms with Crippen LogP contribution >= 0.6 is 0 Å². The van der Waals surface area contributed by atoms with Gasteiger partial charge in [-0.25, -0.2) is 4.79 Å². The number of hydrogen-bond donors (Lipinski definition) is 2. The SMILES string of the molecule is O=C(Cc1cccc(C(=O)O)c1)Nc1ccc(OCC2CC2)cc1. The predicted molar refractivity (Wildman–Crippen MR) is 90.4 cm³/mol. The number of rotatable bonds is 7. The van der Waals surface area contributed by atoms with Crippen LogP contribution in [0.4, 0.5) is 5.69 Å². The lowest BCUT2D eigenvalue weighted by Gasteiger charge is -2.08. The van der Waals surface area contributed by atoms with Crippen molar-refractivity contribution in [3.8, 4) is 5.75 Å². The molecule has 0 aromatic heterocycles. The first-order chi connectivity index (χ1) is 11.6. The Bertz CT molecular complexity index is 735. The van der Waals surface area contributed by atoms with Crippen molar-refractivity contribution in [1.82, 2.24) is 0 Å². The molecule has 1 aliphatic carbocycles. The van der Waals surface area contributed by atoms with E-state index < -0.39 is 5.97 Å². The van der Waals surface area contributed by atoms with E-state index in [-0.39, 0.29) is 17.9 Å². The van der Waals surface area contributed by atoms with E-state index in [1.807, 2.05) is 12.1 Å². The Kier molecular flexibility index (Phi) is 4.79. The summed E-state index contributed by atoms with van der Waals surface area (Å²) in [6.45, 7) is 0.756. The summed E-state index contributed by atoms with van der Waals surface area (Å²) in [7, 11) is 0. The Labute approximate surface area is 140 Å². The molecule has 1 saturated carbocycles. The second-order valence-corrected chi connectivity index (χ2v) is 6.01. The zero-order chi connectivity index (χ0) is 16.9. The highest BCUT2D eigenvalue weighted by Gasteiger charge is 2.21. The third-order valence-electron chi connectivity index (χ3n) is 3.86. The van der Waals surface area contributed by atoms with E-state index in [4.69, 9.17) is 9.84 Å². The van der Waals surface area contributed by atoms with Crippen LogP contribution in [0.15, 0.2) is 48.5 Å². The molecule has 0 aliphatic heterocycles. The first-order valence-electron chi connectivity index (χ1n) is 7.95. The molecule has 2 aromatic carbocycles. The third kappa shape index (κ3) is 4.59. The van der Waals surface area contributed by atoms with E-state index in [2.05, 4.69) is 5.32 Å². The van der Waals surface area contributed by atoms with Crippen LogP contribution in [0.3, 0.4) is 0 Å². The summed E-state index contributed by atoms with van der Waals surface area (Å²) in [5.74, 6) is 0.309. The number of amides is 1. The maximum atomic E-state index is 12.1. The topological polar surface area (TPSA) is 75.6 Å². The van der Waals surface area contributed by atoms with Gasteiger partial charge in [0.25, 0.3) is 0 Å². The van der Waals surface area contributed by atoms with Crippen molar-refractivity contribution in [1.29, 1.82) is 0 Å². The van der Waals surface area contributed by atoms with Gasteiger partial charge in [0.1, 0.15) is 5.75 Å². The van der Waals surface area contributed by atoms with Gasteiger partial charge in [-0.05, 0) is 60.7 Å². The number of aromatic carboxylic acids is 1. The number of hydrogen-bond acceptors (Lipinski definition) is 3. The third-order valence-corrected chi connectivity index (χ3v) is 3.86. The average Bonchev–Trinajstić information content (AvgIpc) is 3.39. The molecule has 124 valence electrons. The van der Waals surface area contributed by atoms with Crippen molar-refractivity contribution < 1.29 is 19.4 Å². The van der Waals surface area contributed by atoms with Crippen molar-refractivity contribution in [2.75, 3.05) is 11.9 Å². The summed E-state index contributed by atoms with van der Waals surface area (Å²) in [6, 6.07) is 13.7. The Hall–Kier alpha value is -2.82. The van der Waals surface area contributed by atoms with Gasteiger partial charge in [-0.2, -0.15) is 0 Å². The molecule has 0 unspecified atom stereocenters. The van der Waals surface area contributed by atoms with E-state index in [1.165, 1.54) is 25.0 Å². The number of carbonyl (C=O) groups is 2. The zero-order valence-electron chi connectivity index (χ0n) is 13.2. The summed E-state index contributed by atoms with van der Waals surface area (Å²) in [5.41, 5.74) is 1.53. The number of anilines is 1. The average molecular weight is 325 g/mol. The lowest BCUT2D eigenvalue weighted by atomic mass is 10.1. The molecular weight excluding hydrogens is 306 g/mol. The molecule has 0 spiro atoms. The molecule has 1 amide bonds. The second kappa shape index (κ2) is 7.17. The fourth-order valence-corrected chi connectivity index (χ4v) is 2.34. The molecule has 0 heterocycles. The largest absolute Gasteiger partial charge is 0.493 e. The molecule has 1 aliphatic rings. The van der Waals surface area contributed by atoms with Gasteiger partial charge >= 0.3 is 5.97 Å². The number of ether oxygens (including phenoxy) is 1. The van der Waals surface area contributed by atoms with Crippen molar-refractivity contribution in [2.24, 2.45) is 5.92 Å². The van der Waals surface area contributed by atoms with Crippen LogP contribution in [-0.4, -0.2) is 23.6 Å².